The van der Waals surface area contributed by atoms with Crippen LogP contribution in [0.15, 0.2) is 24.3 Å². The van der Waals surface area contributed by atoms with Gasteiger partial charge in [0.2, 0.25) is 0 Å². The Morgan fingerprint density at radius 3 is 2.53 bits per heavy atom. The Morgan fingerprint density at radius 1 is 1.26 bits per heavy atom. The molecule has 0 amide bonds. The van der Waals surface area contributed by atoms with Gasteiger partial charge < -0.3 is 4.90 Å². The fourth-order valence-electron chi connectivity index (χ4n) is 2.82. The third kappa shape index (κ3) is 3.08. The topological polar surface area (TPSA) is 30.3 Å². The zero-order valence-corrected chi connectivity index (χ0v) is 12.1. The van der Waals surface area contributed by atoms with Crippen LogP contribution in [0.4, 0.5) is 5.69 Å². The highest BCUT2D eigenvalue weighted by Crippen LogP contribution is 2.24. The molecule has 1 aliphatic rings. The van der Waals surface area contributed by atoms with Crippen molar-refractivity contribution in [2.45, 2.75) is 38.8 Å². The lowest BCUT2D eigenvalue weighted by Crippen LogP contribution is -2.56. The molecule has 0 N–H and O–H groups in total. The van der Waals surface area contributed by atoms with Gasteiger partial charge in [0.05, 0.1) is 12.5 Å². The molecule has 0 spiro atoms. The molecule has 1 aliphatic heterocycles. The highest BCUT2D eigenvalue weighted by Gasteiger charge is 2.29. The molecule has 2 atom stereocenters. The summed E-state index contributed by atoms with van der Waals surface area (Å²) in [4.78, 5) is 4.74. The molecule has 0 bridgehead atoms. The molecule has 3 heteroatoms. The van der Waals surface area contributed by atoms with E-state index in [1.54, 1.807) is 0 Å². The third-order valence-corrected chi connectivity index (χ3v) is 4.12. The van der Waals surface area contributed by atoms with Crippen LogP contribution in [0.3, 0.4) is 0 Å². The Bertz CT molecular complexity index is 446. The van der Waals surface area contributed by atoms with Crippen molar-refractivity contribution in [1.82, 2.24) is 4.90 Å². The van der Waals surface area contributed by atoms with Gasteiger partial charge in [-0.2, -0.15) is 5.26 Å². The molecule has 0 radical (unpaired) electrons. The number of benzene rings is 1. The molecule has 2 rings (SSSR count). The standard InChI is InChI=1S/C16H23N3/c1-4-14-5-7-15(8-6-14)19-12-16(9-10-17)18(3)11-13(19)2/h5-8,13,16H,4,9,11-12H2,1-3H3. The summed E-state index contributed by atoms with van der Waals surface area (Å²) >= 11 is 0. The number of piperazine rings is 1. The van der Waals surface area contributed by atoms with Gasteiger partial charge in [0, 0.05) is 30.9 Å². The van der Waals surface area contributed by atoms with Crippen LogP contribution in [0.5, 0.6) is 0 Å². The van der Waals surface area contributed by atoms with Gasteiger partial charge in [-0.05, 0) is 38.1 Å². The molecule has 1 saturated heterocycles. The summed E-state index contributed by atoms with van der Waals surface area (Å²) in [6.07, 6.45) is 1.68. The zero-order valence-electron chi connectivity index (χ0n) is 12.1. The maximum Gasteiger partial charge on any atom is 0.0638 e. The number of anilines is 1. The van der Waals surface area contributed by atoms with Crippen LogP contribution >= 0.6 is 0 Å². The summed E-state index contributed by atoms with van der Waals surface area (Å²) in [5.41, 5.74) is 2.65. The smallest absolute Gasteiger partial charge is 0.0638 e. The predicted molar refractivity (Wildman–Crippen MR) is 79.3 cm³/mol. The van der Waals surface area contributed by atoms with E-state index in [0.29, 0.717) is 18.5 Å². The van der Waals surface area contributed by atoms with Crippen molar-refractivity contribution in [2.75, 3.05) is 25.0 Å². The van der Waals surface area contributed by atoms with E-state index in [4.69, 9.17) is 5.26 Å². The molecule has 3 nitrogen and oxygen atoms in total. The van der Waals surface area contributed by atoms with Gasteiger partial charge in [-0.25, -0.2) is 0 Å². The van der Waals surface area contributed by atoms with E-state index in [2.05, 4.69) is 61.0 Å². The Kier molecular flexibility index (Phi) is 4.44. The number of aryl methyl sites for hydroxylation is 1. The summed E-state index contributed by atoms with van der Waals surface area (Å²) in [6.45, 7) is 6.39. The molecule has 1 fully saturated rings. The molecule has 2 unspecified atom stereocenters. The van der Waals surface area contributed by atoms with Crippen LogP contribution in [0.1, 0.15) is 25.8 Å². The number of nitriles is 1. The van der Waals surface area contributed by atoms with Gasteiger partial charge in [-0.15, -0.1) is 0 Å². The van der Waals surface area contributed by atoms with Crippen molar-refractivity contribution >= 4 is 5.69 Å². The summed E-state index contributed by atoms with van der Waals surface area (Å²) in [5.74, 6) is 0. The molecule has 1 aromatic carbocycles. The first-order valence-electron chi connectivity index (χ1n) is 7.08. The van der Waals surface area contributed by atoms with Crippen molar-refractivity contribution < 1.29 is 0 Å². The monoisotopic (exact) mass is 257 g/mol. The van der Waals surface area contributed by atoms with E-state index < -0.39 is 0 Å². The first-order valence-corrected chi connectivity index (χ1v) is 7.08. The average Bonchev–Trinajstić information content (AvgIpc) is 2.42. The normalized spacial score (nSPS) is 24.2. The SMILES string of the molecule is CCc1ccc(N2CC(CC#N)N(C)CC2C)cc1. The minimum Gasteiger partial charge on any atom is -0.366 e. The van der Waals surface area contributed by atoms with E-state index in [1.165, 1.54) is 11.3 Å². The number of hydrogen-bond donors (Lipinski definition) is 0. The van der Waals surface area contributed by atoms with Crippen LogP contribution in [-0.2, 0) is 6.42 Å². The minimum atomic E-state index is 0.340. The third-order valence-electron chi connectivity index (χ3n) is 4.12. The Balaban J connectivity index is 2.15. The minimum absolute atomic E-state index is 0.340. The number of hydrogen-bond acceptors (Lipinski definition) is 3. The summed E-state index contributed by atoms with van der Waals surface area (Å²) in [6, 6.07) is 12.0. The highest BCUT2D eigenvalue weighted by atomic mass is 15.3. The van der Waals surface area contributed by atoms with E-state index in [-0.39, 0.29) is 0 Å². The summed E-state index contributed by atoms with van der Waals surface area (Å²) < 4.78 is 0. The molecular formula is C16H23N3. The maximum atomic E-state index is 8.93. The quantitative estimate of drug-likeness (QED) is 0.834. The second-order valence-corrected chi connectivity index (χ2v) is 5.48. The van der Waals surface area contributed by atoms with Crippen LogP contribution in [0.25, 0.3) is 0 Å². The molecule has 102 valence electrons. The first kappa shape index (κ1) is 13.9. The van der Waals surface area contributed by atoms with Crippen LogP contribution < -0.4 is 4.90 Å². The van der Waals surface area contributed by atoms with Crippen LogP contribution in [-0.4, -0.2) is 37.1 Å². The predicted octanol–water partition coefficient (Wildman–Crippen LogP) is 2.67. The lowest BCUT2D eigenvalue weighted by Gasteiger charge is -2.44. The number of nitrogens with zero attached hydrogens (tertiary/aromatic N) is 3. The highest BCUT2D eigenvalue weighted by molar-refractivity contribution is 5.49. The van der Waals surface area contributed by atoms with E-state index >= 15 is 0 Å². The number of likely N-dealkylation sites (N-methyl/N-ethyl adjacent to an activating group) is 1. The van der Waals surface area contributed by atoms with Gasteiger partial charge >= 0.3 is 0 Å². The molecule has 19 heavy (non-hydrogen) atoms. The summed E-state index contributed by atoms with van der Waals surface area (Å²) in [7, 11) is 2.12. The van der Waals surface area contributed by atoms with Crippen molar-refractivity contribution in [3.8, 4) is 6.07 Å². The first-order chi connectivity index (χ1) is 9.15. The Labute approximate surface area is 116 Å². The lowest BCUT2D eigenvalue weighted by molar-refractivity contribution is 0.194. The van der Waals surface area contributed by atoms with Crippen molar-refractivity contribution in [1.29, 1.82) is 5.26 Å². The second-order valence-electron chi connectivity index (χ2n) is 5.48. The number of rotatable bonds is 3. The second kappa shape index (κ2) is 6.08. The molecule has 0 aromatic heterocycles. The van der Waals surface area contributed by atoms with Gasteiger partial charge in [0.15, 0.2) is 0 Å². The van der Waals surface area contributed by atoms with Crippen molar-refractivity contribution in [3.63, 3.8) is 0 Å². The van der Waals surface area contributed by atoms with Gasteiger partial charge in [0.1, 0.15) is 0 Å². The fraction of sp³-hybridized carbons (Fsp3) is 0.562. The molecule has 0 saturated carbocycles. The maximum absolute atomic E-state index is 8.93. The lowest BCUT2D eigenvalue weighted by atomic mass is 10.0. The van der Waals surface area contributed by atoms with Crippen LogP contribution in [0.2, 0.25) is 0 Å². The van der Waals surface area contributed by atoms with Gasteiger partial charge in [0.25, 0.3) is 0 Å². The zero-order chi connectivity index (χ0) is 13.8. The fourth-order valence-corrected chi connectivity index (χ4v) is 2.82. The van der Waals surface area contributed by atoms with E-state index in [1.807, 2.05) is 0 Å². The van der Waals surface area contributed by atoms with Crippen LogP contribution in [0, 0.1) is 11.3 Å². The van der Waals surface area contributed by atoms with Crippen molar-refractivity contribution in [3.05, 3.63) is 29.8 Å². The van der Waals surface area contributed by atoms with E-state index in [9.17, 15) is 0 Å². The van der Waals surface area contributed by atoms with E-state index in [0.717, 1.165) is 19.5 Å². The molecule has 1 aromatic rings. The van der Waals surface area contributed by atoms with Gasteiger partial charge in [-0.1, -0.05) is 19.1 Å². The largest absolute Gasteiger partial charge is 0.366 e. The Morgan fingerprint density at radius 2 is 1.95 bits per heavy atom. The molecule has 0 aliphatic carbocycles. The molecular weight excluding hydrogens is 234 g/mol. The summed E-state index contributed by atoms with van der Waals surface area (Å²) in [5, 5.41) is 8.93. The van der Waals surface area contributed by atoms with Gasteiger partial charge in [-0.3, -0.25) is 4.90 Å². The average molecular weight is 257 g/mol. The molecule has 1 heterocycles. The Hall–Kier alpha value is -1.53. The van der Waals surface area contributed by atoms with Crippen molar-refractivity contribution in [2.24, 2.45) is 0 Å².